The Kier molecular flexibility index (Phi) is 7.34. The summed E-state index contributed by atoms with van der Waals surface area (Å²) in [4.78, 5) is 9.07. The first kappa shape index (κ1) is 16.4. The smallest absolute Gasteiger partial charge is 0.188 e. The molecule has 1 N–H and O–H groups in total. The molecule has 1 aromatic heterocycles. The number of methoxy groups -OCH3 is 1. The molecule has 108 valence electrons. The molecule has 19 heavy (non-hydrogen) atoms. The third-order valence-electron chi connectivity index (χ3n) is 3.05. The lowest BCUT2D eigenvalue weighted by Gasteiger charge is -2.13. The summed E-state index contributed by atoms with van der Waals surface area (Å²) in [6.07, 6.45) is 1.05. The van der Waals surface area contributed by atoms with E-state index in [9.17, 15) is 0 Å². The third kappa shape index (κ3) is 5.89. The lowest BCUT2D eigenvalue weighted by molar-refractivity contribution is 0.194. The van der Waals surface area contributed by atoms with Crippen molar-refractivity contribution in [2.75, 3.05) is 26.8 Å². The average Bonchev–Trinajstić information content (AvgIpc) is 2.35. The summed E-state index contributed by atoms with van der Waals surface area (Å²) in [5.74, 6) is 0. The Morgan fingerprint density at radius 1 is 1.21 bits per heavy atom. The van der Waals surface area contributed by atoms with Crippen LogP contribution >= 0.6 is 11.8 Å². The molecular formula is C14H25N3OS. The quantitative estimate of drug-likeness (QED) is 0.451. The molecule has 1 heterocycles. The van der Waals surface area contributed by atoms with Gasteiger partial charge in [0.25, 0.3) is 0 Å². The second-order valence-corrected chi connectivity index (χ2v) is 6.19. The first-order valence-electron chi connectivity index (χ1n) is 6.72. The molecule has 0 saturated carbocycles. The maximum absolute atomic E-state index is 5.02. The highest BCUT2D eigenvalue weighted by molar-refractivity contribution is 7.99. The molecule has 0 fully saturated rings. The van der Waals surface area contributed by atoms with Gasteiger partial charge in [0.1, 0.15) is 0 Å². The van der Waals surface area contributed by atoms with Crippen LogP contribution in [0.3, 0.4) is 0 Å². The van der Waals surface area contributed by atoms with Gasteiger partial charge in [-0.2, -0.15) is 0 Å². The Morgan fingerprint density at radius 3 is 2.42 bits per heavy atom. The Bertz CT molecular complexity index is 375. The second-order valence-electron chi connectivity index (χ2n) is 4.78. The van der Waals surface area contributed by atoms with Gasteiger partial charge >= 0.3 is 0 Å². The molecule has 1 aromatic rings. The van der Waals surface area contributed by atoms with E-state index in [0.717, 1.165) is 42.7 Å². The van der Waals surface area contributed by atoms with Crippen molar-refractivity contribution in [3.8, 4) is 0 Å². The van der Waals surface area contributed by atoms with E-state index >= 15 is 0 Å². The van der Waals surface area contributed by atoms with Crippen molar-refractivity contribution in [2.24, 2.45) is 0 Å². The summed E-state index contributed by atoms with van der Waals surface area (Å²) < 4.78 is 5.02. The summed E-state index contributed by atoms with van der Waals surface area (Å²) in [5.41, 5.74) is 3.35. The molecule has 0 aliphatic heterocycles. The van der Waals surface area contributed by atoms with Gasteiger partial charge in [0.15, 0.2) is 5.16 Å². The van der Waals surface area contributed by atoms with Crippen LogP contribution in [-0.4, -0.2) is 42.0 Å². The van der Waals surface area contributed by atoms with Gasteiger partial charge in [0.2, 0.25) is 0 Å². The van der Waals surface area contributed by atoms with Crippen LogP contribution in [0, 0.1) is 20.8 Å². The predicted molar refractivity (Wildman–Crippen MR) is 80.9 cm³/mol. The number of hydrogen-bond acceptors (Lipinski definition) is 5. The topological polar surface area (TPSA) is 47.0 Å². The van der Waals surface area contributed by atoms with Gasteiger partial charge in [-0.25, -0.2) is 9.97 Å². The summed E-state index contributed by atoms with van der Waals surface area (Å²) in [7, 11) is 1.73. The molecule has 0 aliphatic rings. The molecule has 0 spiro atoms. The number of ether oxygens (including phenoxy) is 1. The molecule has 1 rings (SSSR count). The molecule has 0 aliphatic carbocycles. The van der Waals surface area contributed by atoms with Crippen LogP contribution in [0.2, 0.25) is 0 Å². The van der Waals surface area contributed by atoms with Gasteiger partial charge in [0.05, 0.1) is 0 Å². The first-order valence-corrected chi connectivity index (χ1v) is 7.60. The number of aromatic nitrogens is 2. The monoisotopic (exact) mass is 283 g/mol. The van der Waals surface area contributed by atoms with E-state index in [1.165, 1.54) is 5.56 Å². The second kappa shape index (κ2) is 8.51. The van der Waals surface area contributed by atoms with E-state index in [2.05, 4.69) is 29.1 Å². The largest absolute Gasteiger partial charge is 0.385 e. The Balaban J connectivity index is 2.38. The van der Waals surface area contributed by atoms with Gasteiger partial charge in [0, 0.05) is 36.9 Å². The lowest BCUT2D eigenvalue weighted by atomic mass is 10.2. The third-order valence-corrected chi connectivity index (χ3v) is 4.01. The molecule has 0 aromatic carbocycles. The summed E-state index contributed by atoms with van der Waals surface area (Å²) in [5, 5.41) is 4.77. The van der Waals surface area contributed by atoms with Crippen molar-refractivity contribution < 1.29 is 4.74 Å². The standard InChI is InChI=1S/C14H25N3OS/c1-10(9-15-7-6-8-18-5)19-14-16-12(3)11(2)13(4)17-14/h10,15H,6-9H2,1-5H3. The van der Waals surface area contributed by atoms with Crippen molar-refractivity contribution in [1.29, 1.82) is 0 Å². The summed E-state index contributed by atoms with van der Waals surface area (Å²) in [6, 6.07) is 0. The van der Waals surface area contributed by atoms with Gasteiger partial charge in [-0.15, -0.1) is 0 Å². The van der Waals surface area contributed by atoms with E-state index < -0.39 is 0 Å². The lowest BCUT2D eigenvalue weighted by Crippen LogP contribution is -2.24. The maximum Gasteiger partial charge on any atom is 0.188 e. The van der Waals surface area contributed by atoms with Gasteiger partial charge in [-0.05, 0) is 39.3 Å². The highest BCUT2D eigenvalue weighted by Gasteiger charge is 2.09. The fraction of sp³-hybridized carbons (Fsp3) is 0.714. The minimum atomic E-state index is 0.462. The van der Waals surface area contributed by atoms with E-state index in [4.69, 9.17) is 4.74 Å². The minimum Gasteiger partial charge on any atom is -0.385 e. The van der Waals surface area contributed by atoms with E-state index in [1.807, 2.05) is 13.8 Å². The van der Waals surface area contributed by atoms with Crippen LogP contribution in [0.5, 0.6) is 0 Å². The highest BCUT2D eigenvalue weighted by atomic mass is 32.2. The summed E-state index contributed by atoms with van der Waals surface area (Å²) in [6.45, 7) is 11.1. The van der Waals surface area contributed by atoms with Crippen molar-refractivity contribution in [2.45, 2.75) is 44.5 Å². The number of nitrogens with zero attached hydrogens (tertiary/aromatic N) is 2. The van der Waals surface area contributed by atoms with E-state index in [-0.39, 0.29) is 0 Å². The highest BCUT2D eigenvalue weighted by Crippen LogP contribution is 2.21. The normalized spacial score (nSPS) is 12.7. The van der Waals surface area contributed by atoms with Crippen LogP contribution in [0.4, 0.5) is 0 Å². The van der Waals surface area contributed by atoms with Gasteiger partial charge in [-0.1, -0.05) is 18.7 Å². The predicted octanol–water partition coefficient (Wildman–Crippen LogP) is 2.51. The SMILES string of the molecule is COCCCNCC(C)Sc1nc(C)c(C)c(C)n1. The van der Waals surface area contributed by atoms with Crippen molar-refractivity contribution in [1.82, 2.24) is 15.3 Å². The zero-order chi connectivity index (χ0) is 14.3. The fourth-order valence-corrected chi connectivity index (χ4v) is 2.60. The Hall–Kier alpha value is -0.650. The molecule has 4 nitrogen and oxygen atoms in total. The Morgan fingerprint density at radius 2 is 1.84 bits per heavy atom. The van der Waals surface area contributed by atoms with Crippen LogP contribution in [0.1, 0.15) is 30.3 Å². The molecule has 0 amide bonds. The van der Waals surface area contributed by atoms with Crippen molar-refractivity contribution in [3.63, 3.8) is 0 Å². The van der Waals surface area contributed by atoms with Crippen LogP contribution in [0.25, 0.3) is 0 Å². The van der Waals surface area contributed by atoms with E-state index in [0.29, 0.717) is 5.25 Å². The number of thioether (sulfide) groups is 1. The van der Waals surface area contributed by atoms with Gasteiger partial charge in [-0.3, -0.25) is 0 Å². The average molecular weight is 283 g/mol. The molecule has 0 radical (unpaired) electrons. The zero-order valence-electron chi connectivity index (χ0n) is 12.6. The number of hydrogen-bond donors (Lipinski definition) is 1. The van der Waals surface area contributed by atoms with Crippen LogP contribution < -0.4 is 5.32 Å². The van der Waals surface area contributed by atoms with Crippen molar-refractivity contribution in [3.05, 3.63) is 17.0 Å². The molecule has 5 heteroatoms. The van der Waals surface area contributed by atoms with Crippen LogP contribution in [0.15, 0.2) is 5.16 Å². The molecule has 0 saturated heterocycles. The molecular weight excluding hydrogens is 258 g/mol. The summed E-state index contributed by atoms with van der Waals surface area (Å²) >= 11 is 1.73. The van der Waals surface area contributed by atoms with E-state index in [1.54, 1.807) is 18.9 Å². The number of aryl methyl sites for hydroxylation is 2. The molecule has 0 bridgehead atoms. The Labute approximate surface area is 120 Å². The molecule has 1 unspecified atom stereocenters. The zero-order valence-corrected chi connectivity index (χ0v) is 13.4. The minimum absolute atomic E-state index is 0.462. The van der Waals surface area contributed by atoms with Gasteiger partial charge < -0.3 is 10.1 Å². The number of nitrogens with one attached hydrogen (secondary N) is 1. The van der Waals surface area contributed by atoms with Crippen molar-refractivity contribution >= 4 is 11.8 Å². The molecule has 1 atom stereocenters. The fourth-order valence-electron chi connectivity index (χ4n) is 1.66. The van der Waals surface area contributed by atoms with Crippen LogP contribution in [-0.2, 0) is 4.74 Å². The maximum atomic E-state index is 5.02. The first-order chi connectivity index (χ1) is 9.04. The number of rotatable bonds is 8.